The number of carbonyl (C=O) groups excluding carboxylic acids is 1. The maximum Gasteiger partial charge on any atom is 0.253 e. The lowest BCUT2D eigenvalue weighted by Gasteiger charge is -2.22. The van der Waals surface area contributed by atoms with Crippen molar-refractivity contribution in [3.8, 4) is 11.5 Å². The molecule has 2 aromatic rings. The van der Waals surface area contributed by atoms with Crippen LogP contribution in [-0.2, 0) is 0 Å². The fourth-order valence-electron chi connectivity index (χ4n) is 2.25. The van der Waals surface area contributed by atoms with E-state index in [0.29, 0.717) is 34.5 Å². The molecule has 150 valence electrons. The Hall–Kier alpha value is -1.53. The maximum atomic E-state index is 12.5. The Kier molecular flexibility index (Phi) is 11.4. The van der Waals surface area contributed by atoms with Crippen LogP contribution < -0.4 is 10.5 Å². The predicted octanol–water partition coefficient (Wildman–Crippen LogP) is 4.82. The van der Waals surface area contributed by atoms with Gasteiger partial charge in [-0.1, -0.05) is 25.4 Å². The van der Waals surface area contributed by atoms with Crippen molar-refractivity contribution >= 4 is 42.3 Å². The van der Waals surface area contributed by atoms with Crippen LogP contribution in [0.15, 0.2) is 42.7 Å². The first kappa shape index (κ1) is 25.5. The van der Waals surface area contributed by atoms with Gasteiger partial charge in [-0.05, 0) is 42.7 Å². The number of amides is 1. The fraction of sp³-hybridized carbons (Fsp3) is 0.368. The molecule has 1 heterocycles. The van der Waals surface area contributed by atoms with Crippen LogP contribution in [0.5, 0.6) is 11.5 Å². The molecular formula is C19H26Cl3N3O2. The molecule has 0 radical (unpaired) electrons. The molecular weight excluding hydrogens is 409 g/mol. The molecule has 5 nitrogen and oxygen atoms in total. The van der Waals surface area contributed by atoms with Crippen molar-refractivity contribution in [3.63, 3.8) is 0 Å². The molecule has 1 aromatic heterocycles. The van der Waals surface area contributed by atoms with E-state index in [2.05, 4.69) is 18.8 Å². The molecule has 1 atom stereocenters. The van der Waals surface area contributed by atoms with Crippen LogP contribution in [0, 0.1) is 5.92 Å². The number of ether oxygens (including phenoxy) is 1. The minimum absolute atomic E-state index is 0. The molecule has 1 aromatic carbocycles. The maximum absolute atomic E-state index is 12.5. The summed E-state index contributed by atoms with van der Waals surface area (Å²) in [6, 6.07) is 8.59. The molecule has 0 spiro atoms. The number of rotatable bonds is 7. The van der Waals surface area contributed by atoms with E-state index in [-0.39, 0.29) is 36.8 Å². The summed E-state index contributed by atoms with van der Waals surface area (Å²) in [5, 5.41) is 0.384. The summed E-state index contributed by atoms with van der Waals surface area (Å²) in [5.74, 6) is 1.43. The summed E-state index contributed by atoms with van der Waals surface area (Å²) < 4.78 is 5.70. The molecule has 1 unspecified atom stereocenters. The van der Waals surface area contributed by atoms with Crippen LogP contribution in [0.3, 0.4) is 0 Å². The van der Waals surface area contributed by atoms with Crippen molar-refractivity contribution < 1.29 is 9.53 Å². The van der Waals surface area contributed by atoms with E-state index < -0.39 is 0 Å². The van der Waals surface area contributed by atoms with Gasteiger partial charge in [0, 0.05) is 37.6 Å². The third-order valence-corrected chi connectivity index (χ3v) is 4.35. The van der Waals surface area contributed by atoms with Gasteiger partial charge in [-0.25, -0.2) is 0 Å². The summed E-state index contributed by atoms with van der Waals surface area (Å²) >= 11 is 6.27. The average Bonchev–Trinajstić information content (AvgIpc) is 2.61. The van der Waals surface area contributed by atoms with Crippen LogP contribution in [0.25, 0.3) is 0 Å². The second-order valence-electron chi connectivity index (χ2n) is 6.35. The topological polar surface area (TPSA) is 68.5 Å². The largest absolute Gasteiger partial charge is 0.456 e. The number of hydrogen-bond donors (Lipinski definition) is 1. The summed E-state index contributed by atoms with van der Waals surface area (Å²) in [5.41, 5.74) is 6.56. The first-order valence-corrected chi connectivity index (χ1v) is 8.64. The Morgan fingerprint density at radius 3 is 2.41 bits per heavy atom. The summed E-state index contributed by atoms with van der Waals surface area (Å²) in [7, 11) is 1.77. The van der Waals surface area contributed by atoms with E-state index in [1.807, 2.05) is 0 Å². The van der Waals surface area contributed by atoms with E-state index in [1.54, 1.807) is 54.7 Å². The summed E-state index contributed by atoms with van der Waals surface area (Å²) in [6.07, 6.45) is 4.03. The zero-order valence-corrected chi connectivity index (χ0v) is 18.0. The highest BCUT2D eigenvalue weighted by Gasteiger charge is 2.16. The smallest absolute Gasteiger partial charge is 0.253 e. The van der Waals surface area contributed by atoms with Crippen molar-refractivity contribution in [2.24, 2.45) is 11.7 Å². The minimum atomic E-state index is -0.0895. The number of nitrogens with zero attached hydrogens (tertiary/aromatic N) is 2. The standard InChI is InChI=1S/C19H24ClN3O2.2ClH/c1-13(2)17(21)8-11-23(3)19(24)14-4-5-18(16(20)12-14)25-15-6-9-22-10-7-15;;/h4-7,9-10,12-13,17H,8,11,21H2,1-3H3;2*1H. The van der Waals surface area contributed by atoms with Gasteiger partial charge in [0.05, 0.1) is 5.02 Å². The van der Waals surface area contributed by atoms with Crippen LogP contribution in [-0.4, -0.2) is 35.4 Å². The highest BCUT2D eigenvalue weighted by molar-refractivity contribution is 6.32. The SMILES string of the molecule is CC(C)C(N)CCN(C)C(=O)c1ccc(Oc2ccncc2)c(Cl)c1.Cl.Cl. The number of nitrogens with two attached hydrogens (primary N) is 1. The molecule has 0 saturated carbocycles. The van der Waals surface area contributed by atoms with Crippen molar-refractivity contribution in [1.29, 1.82) is 0 Å². The first-order valence-electron chi connectivity index (χ1n) is 8.27. The second-order valence-corrected chi connectivity index (χ2v) is 6.76. The normalized spacial score (nSPS) is 11.2. The number of hydrogen-bond acceptors (Lipinski definition) is 4. The van der Waals surface area contributed by atoms with E-state index in [1.165, 1.54) is 0 Å². The lowest BCUT2D eigenvalue weighted by atomic mass is 10.0. The molecule has 0 saturated heterocycles. The van der Waals surface area contributed by atoms with Gasteiger partial charge >= 0.3 is 0 Å². The van der Waals surface area contributed by atoms with Crippen molar-refractivity contribution in [2.75, 3.05) is 13.6 Å². The summed E-state index contributed by atoms with van der Waals surface area (Å²) in [4.78, 5) is 18.1. The molecule has 1 amide bonds. The molecule has 0 aliphatic rings. The van der Waals surface area contributed by atoms with E-state index in [9.17, 15) is 4.79 Å². The zero-order valence-electron chi connectivity index (χ0n) is 15.6. The van der Waals surface area contributed by atoms with Gasteiger partial charge in [0.15, 0.2) is 0 Å². The summed E-state index contributed by atoms with van der Waals surface area (Å²) in [6.45, 7) is 4.76. The minimum Gasteiger partial charge on any atom is -0.456 e. The lowest BCUT2D eigenvalue weighted by molar-refractivity contribution is 0.0789. The van der Waals surface area contributed by atoms with Gasteiger partial charge in [0.2, 0.25) is 0 Å². The fourth-order valence-corrected chi connectivity index (χ4v) is 2.47. The van der Waals surface area contributed by atoms with Gasteiger partial charge in [-0.3, -0.25) is 9.78 Å². The van der Waals surface area contributed by atoms with E-state index in [4.69, 9.17) is 22.1 Å². The van der Waals surface area contributed by atoms with Crippen molar-refractivity contribution in [3.05, 3.63) is 53.3 Å². The number of aromatic nitrogens is 1. The first-order chi connectivity index (χ1) is 11.9. The number of benzene rings is 1. The molecule has 0 bridgehead atoms. The van der Waals surface area contributed by atoms with Crippen LogP contribution >= 0.6 is 36.4 Å². The van der Waals surface area contributed by atoms with Gasteiger partial charge < -0.3 is 15.4 Å². The predicted molar refractivity (Wildman–Crippen MR) is 115 cm³/mol. The number of carbonyl (C=O) groups is 1. The third kappa shape index (κ3) is 7.54. The molecule has 2 rings (SSSR count). The Bertz CT molecular complexity index is 715. The molecule has 8 heteroatoms. The molecule has 27 heavy (non-hydrogen) atoms. The Morgan fingerprint density at radius 2 is 1.85 bits per heavy atom. The number of halogens is 3. The monoisotopic (exact) mass is 433 g/mol. The zero-order chi connectivity index (χ0) is 18.4. The lowest BCUT2D eigenvalue weighted by Crippen LogP contribution is -2.34. The highest BCUT2D eigenvalue weighted by atomic mass is 35.5. The van der Waals surface area contributed by atoms with E-state index >= 15 is 0 Å². The van der Waals surface area contributed by atoms with Crippen molar-refractivity contribution in [1.82, 2.24) is 9.88 Å². The van der Waals surface area contributed by atoms with Crippen LogP contribution in [0.1, 0.15) is 30.6 Å². The highest BCUT2D eigenvalue weighted by Crippen LogP contribution is 2.30. The Labute approximate surface area is 178 Å². The van der Waals surface area contributed by atoms with Crippen LogP contribution in [0.4, 0.5) is 0 Å². The van der Waals surface area contributed by atoms with Crippen LogP contribution in [0.2, 0.25) is 5.02 Å². The second kappa shape index (κ2) is 12.0. The quantitative estimate of drug-likeness (QED) is 0.678. The Morgan fingerprint density at radius 1 is 1.22 bits per heavy atom. The average molecular weight is 435 g/mol. The van der Waals surface area contributed by atoms with Gasteiger partial charge in [0.1, 0.15) is 11.5 Å². The number of pyridine rings is 1. The molecule has 2 N–H and O–H groups in total. The third-order valence-electron chi connectivity index (χ3n) is 4.06. The molecule has 0 aliphatic carbocycles. The van der Waals surface area contributed by atoms with Gasteiger partial charge in [-0.15, -0.1) is 24.8 Å². The Balaban J connectivity index is 0.00000338. The van der Waals surface area contributed by atoms with Crippen molar-refractivity contribution in [2.45, 2.75) is 26.3 Å². The molecule has 0 fully saturated rings. The van der Waals surface area contributed by atoms with Gasteiger partial charge in [-0.2, -0.15) is 0 Å². The van der Waals surface area contributed by atoms with E-state index in [0.717, 1.165) is 6.42 Å². The van der Waals surface area contributed by atoms with Gasteiger partial charge in [0.25, 0.3) is 5.91 Å². The molecule has 0 aliphatic heterocycles.